The molecule has 0 unspecified atom stereocenters. The second-order valence-electron chi connectivity index (χ2n) is 9.62. The normalized spacial score (nSPS) is 18.3. The van der Waals surface area contributed by atoms with Crippen LogP contribution in [-0.4, -0.2) is 42.5 Å². The zero-order valence-electron chi connectivity index (χ0n) is 20.4. The van der Waals surface area contributed by atoms with Gasteiger partial charge in [0.1, 0.15) is 0 Å². The molecule has 4 N–H and O–H groups in total. The Bertz CT molecular complexity index is 925. The number of allylic oxidation sites excluding steroid dienone is 1. The highest BCUT2D eigenvalue weighted by Gasteiger charge is 2.56. The van der Waals surface area contributed by atoms with Gasteiger partial charge in [0.15, 0.2) is 14.6 Å². The Balaban J connectivity index is 2.41. The van der Waals surface area contributed by atoms with Gasteiger partial charge < -0.3 is 0 Å². The average Bonchev–Trinajstić information content (AvgIpc) is 3.07. The molecule has 0 heterocycles. The summed E-state index contributed by atoms with van der Waals surface area (Å²) in [6.07, 6.45) is 10.4. The van der Waals surface area contributed by atoms with Gasteiger partial charge in [0.2, 0.25) is 5.91 Å². The minimum absolute atomic E-state index is 0.0437. The second kappa shape index (κ2) is 13.0. The van der Waals surface area contributed by atoms with Gasteiger partial charge in [-0.05, 0) is 37.2 Å². The van der Waals surface area contributed by atoms with E-state index in [4.69, 9.17) is 0 Å². The number of amides is 2. The van der Waals surface area contributed by atoms with Crippen molar-refractivity contribution in [1.82, 2.24) is 16.3 Å². The fraction of sp³-hybridized carbons (Fsp3) is 0.600. The first-order valence-electron chi connectivity index (χ1n) is 12.0. The van der Waals surface area contributed by atoms with Crippen molar-refractivity contribution in [3.63, 3.8) is 0 Å². The van der Waals surface area contributed by atoms with Crippen molar-refractivity contribution in [2.45, 2.75) is 76.0 Å². The van der Waals surface area contributed by atoms with Crippen LogP contribution in [0.5, 0.6) is 0 Å². The van der Waals surface area contributed by atoms with Crippen LogP contribution in [0, 0.1) is 11.8 Å². The molecule has 2 rings (SSSR count). The average molecular weight is 494 g/mol. The van der Waals surface area contributed by atoms with Crippen LogP contribution in [0.4, 0.5) is 0 Å². The molecule has 1 aliphatic rings. The van der Waals surface area contributed by atoms with Gasteiger partial charge in [0, 0.05) is 12.3 Å². The molecule has 2 amide bonds. The summed E-state index contributed by atoms with van der Waals surface area (Å²) in [6, 6.07) is 9.40. The van der Waals surface area contributed by atoms with Gasteiger partial charge in [-0.2, -0.15) is 0 Å². The smallest absolute Gasteiger partial charge is 0.256 e. The third-order valence-corrected chi connectivity index (χ3v) is 8.43. The van der Waals surface area contributed by atoms with E-state index in [2.05, 4.69) is 10.9 Å². The van der Waals surface area contributed by atoms with Crippen molar-refractivity contribution >= 4 is 27.7 Å². The second-order valence-corrected chi connectivity index (χ2v) is 11.9. The molecule has 1 aliphatic carbocycles. The molecule has 34 heavy (non-hydrogen) atoms. The van der Waals surface area contributed by atoms with E-state index in [1.165, 1.54) is 0 Å². The Morgan fingerprint density at radius 2 is 1.74 bits per heavy atom. The highest BCUT2D eigenvalue weighted by Crippen LogP contribution is 2.37. The maximum absolute atomic E-state index is 13.6. The fourth-order valence-corrected chi connectivity index (χ4v) is 6.51. The number of nitrogens with one attached hydrogen (secondary N) is 3. The lowest BCUT2D eigenvalue weighted by Crippen LogP contribution is -2.63. The Hall–Kier alpha value is -2.23. The van der Waals surface area contributed by atoms with E-state index in [0.717, 1.165) is 50.3 Å². The third kappa shape index (κ3) is 7.38. The molecule has 0 aromatic heterocycles. The molecule has 0 spiro atoms. The first-order valence-corrected chi connectivity index (χ1v) is 13.9. The van der Waals surface area contributed by atoms with Crippen molar-refractivity contribution in [3.8, 4) is 0 Å². The van der Waals surface area contributed by atoms with Crippen molar-refractivity contribution in [3.05, 3.63) is 42.0 Å². The van der Waals surface area contributed by atoms with E-state index in [0.29, 0.717) is 0 Å². The zero-order valence-corrected chi connectivity index (χ0v) is 21.2. The molecular formula is C25H39N3O5S. The van der Waals surface area contributed by atoms with E-state index in [1.807, 2.05) is 30.3 Å². The highest BCUT2D eigenvalue weighted by atomic mass is 32.2. The number of hydroxylamine groups is 1. The molecule has 1 aromatic carbocycles. The highest BCUT2D eigenvalue weighted by molar-refractivity contribution is 7.93. The lowest BCUT2D eigenvalue weighted by Gasteiger charge is -2.38. The molecule has 2 atom stereocenters. The van der Waals surface area contributed by atoms with Gasteiger partial charge in [-0.15, -0.1) is 0 Å². The molecule has 1 fully saturated rings. The Labute approximate surface area is 203 Å². The summed E-state index contributed by atoms with van der Waals surface area (Å²) >= 11 is 0. The number of hydrogen-bond acceptors (Lipinski definition) is 6. The number of benzene rings is 1. The van der Waals surface area contributed by atoms with Gasteiger partial charge in [0.05, 0.1) is 5.92 Å². The first kappa shape index (κ1) is 28.0. The molecule has 1 aromatic rings. The third-order valence-electron chi connectivity index (χ3n) is 6.47. The lowest BCUT2D eigenvalue weighted by molar-refractivity contribution is -0.139. The van der Waals surface area contributed by atoms with Crippen molar-refractivity contribution in [2.75, 3.05) is 6.26 Å². The number of carbonyl (C=O) groups is 2. The molecule has 0 aliphatic heterocycles. The van der Waals surface area contributed by atoms with E-state index < -0.39 is 32.3 Å². The monoisotopic (exact) mass is 493 g/mol. The quantitative estimate of drug-likeness (QED) is 0.213. The predicted octanol–water partition coefficient (Wildman–Crippen LogP) is 3.38. The van der Waals surface area contributed by atoms with E-state index >= 15 is 0 Å². The van der Waals surface area contributed by atoms with Crippen LogP contribution in [0.1, 0.15) is 70.8 Å². The molecule has 9 heteroatoms. The molecule has 0 bridgehead atoms. The molecule has 190 valence electrons. The number of hydrogen-bond donors (Lipinski definition) is 4. The summed E-state index contributed by atoms with van der Waals surface area (Å²) in [5.41, 5.74) is 8.15. The van der Waals surface area contributed by atoms with Crippen LogP contribution in [0.3, 0.4) is 0 Å². The zero-order chi connectivity index (χ0) is 25.2. The fourth-order valence-electron chi connectivity index (χ4n) is 4.77. The topological polar surface area (TPSA) is 125 Å². The molecule has 1 saturated carbocycles. The molecule has 0 radical (unpaired) electrons. The van der Waals surface area contributed by atoms with Gasteiger partial charge in [-0.25, -0.2) is 19.3 Å². The van der Waals surface area contributed by atoms with Crippen LogP contribution in [0.25, 0.3) is 6.08 Å². The van der Waals surface area contributed by atoms with Crippen LogP contribution in [0.2, 0.25) is 0 Å². The van der Waals surface area contributed by atoms with Crippen LogP contribution < -0.4 is 16.3 Å². The Morgan fingerprint density at radius 1 is 1.12 bits per heavy atom. The van der Waals surface area contributed by atoms with Crippen LogP contribution in [-0.2, 0) is 19.4 Å². The maximum Gasteiger partial charge on any atom is 0.256 e. The van der Waals surface area contributed by atoms with E-state index in [-0.39, 0.29) is 24.8 Å². The number of carbonyl (C=O) groups excluding carboxylic acids is 2. The summed E-state index contributed by atoms with van der Waals surface area (Å²) in [5, 5.41) is 9.47. The Morgan fingerprint density at radius 3 is 2.26 bits per heavy atom. The van der Waals surface area contributed by atoms with Crippen LogP contribution >= 0.6 is 0 Å². The maximum atomic E-state index is 13.6. The summed E-state index contributed by atoms with van der Waals surface area (Å²) in [7, 11) is -4.09. The van der Waals surface area contributed by atoms with Gasteiger partial charge >= 0.3 is 0 Å². The summed E-state index contributed by atoms with van der Waals surface area (Å²) in [5.74, 6) is -3.21. The molecular weight excluding hydrogens is 454 g/mol. The van der Waals surface area contributed by atoms with Gasteiger partial charge in [-0.1, -0.05) is 82.0 Å². The minimum atomic E-state index is -4.09. The number of hydrazine groups is 1. The van der Waals surface area contributed by atoms with Crippen molar-refractivity contribution in [1.29, 1.82) is 0 Å². The van der Waals surface area contributed by atoms with Gasteiger partial charge in [-0.3, -0.25) is 20.2 Å². The number of rotatable bonds is 11. The van der Waals surface area contributed by atoms with Crippen LogP contribution in [0.15, 0.2) is 36.4 Å². The SMILES string of the molecule is CC(C)C[C@](C(=O)NNC1CCCCCC1)([C@@H](C/C=C/c1ccccc1)C(=O)NO)S(C)(=O)=O. The van der Waals surface area contributed by atoms with E-state index in [1.54, 1.807) is 31.5 Å². The lowest BCUT2D eigenvalue weighted by atomic mass is 9.81. The molecule has 8 nitrogen and oxygen atoms in total. The minimum Gasteiger partial charge on any atom is -0.290 e. The predicted molar refractivity (Wildman–Crippen MR) is 133 cm³/mol. The van der Waals surface area contributed by atoms with Crippen molar-refractivity contribution < 1.29 is 23.2 Å². The van der Waals surface area contributed by atoms with E-state index in [9.17, 15) is 23.2 Å². The van der Waals surface area contributed by atoms with Crippen molar-refractivity contribution in [2.24, 2.45) is 11.8 Å². The summed E-state index contributed by atoms with van der Waals surface area (Å²) < 4.78 is 24.5. The standard InChI is InChI=1S/C25H39N3O5S/c1-19(2)18-25(34(3,32)33,24(30)27-26-21-15-9-4-5-10-16-21)22(23(29)28-31)17-11-14-20-12-7-6-8-13-20/h6-8,11-14,19,21-22,26,31H,4-5,9-10,15-18H2,1-3H3,(H,27,30)(H,28,29)/b14-11+/t22-,25+/m0/s1. The molecule has 0 saturated heterocycles. The largest absolute Gasteiger partial charge is 0.290 e. The Kier molecular flexibility index (Phi) is 10.7. The summed E-state index contributed by atoms with van der Waals surface area (Å²) in [6.45, 7) is 3.61. The van der Waals surface area contributed by atoms with Gasteiger partial charge in [0.25, 0.3) is 5.91 Å². The summed E-state index contributed by atoms with van der Waals surface area (Å²) in [4.78, 5) is 26.5. The number of sulfone groups is 1. The first-order chi connectivity index (χ1) is 16.1.